The molecular formula is C13H21NO3S. The summed E-state index contributed by atoms with van der Waals surface area (Å²) in [5.41, 5.74) is 0.643. The van der Waals surface area contributed by atoms with E-state index in [9.17, 15) is 8.42 Å². The third kappa shape index (κ3) is 3.99. The molecule has 1 aromatic rings. The Morgan fingerprint density at radius 1 is 1.33 bits per heavy atom. The predicted molar refractivity (Wildman–Crippen MR) is 73.6 cm³/mol. The maximum absolute atomic E-state index is 11.9. The van der Waals surface area contributed by atoms with Crippen LogP contribution >= 0.6 is 0 Å². The van der Waals surface area contributed by atoms with E-state index in [0.29, 0.717) is 17.0 Å². The van der Waals surface area contributed by atoms with Gasteiger partial charge in [-0.3, -0.25) is 0 Å². The number of benzene rings is 1. The molecule has 18 heavy (non-hydrogen) atoms. The minimum absolute atomic E-state index is 0.0940. The molecule has 1 rings (SSSR count). The van der Waals surface area contributed by atoms with Gasteiger partial charge in [0.2, 0.25) is 0 Å². The van der Waals surface area contributed by atoms with E-state index in [0.717, 1.165) is 6.42 Å². The fraction of sp³-hybridized carbons (Fsp3) is 0.538. The van der Waals surface area contributed by atoms with Crippen molar-refractivity contribution in [2.24, 2.45) is 0 Å². The molecule has 102 valence electrons. The summed E-state index contributed by atoms with van der Waals surface area (Å²) in [4.78, 5) is 0.350. The van der Waals surface area contributed by atoms with Crippen LogP contribution in [0, 0.1) is 0 Å². The van der Waals surface area contributed by atoms with Crippen molar-refractivity contribution in [3.8, 4) is 0 Å². The largest absolute Gasteiger partial charge is 0.396 e. The number of nitrogens with one attached hydrogen (secondary N) is 1. The predicted octanol–water partition coefficient (Wildman–Crippen LogP) is 2.05. The van der Waals surface area contributed by atoms with E-state index in [1.54, 1.807) is 25.1 Å². The lowest BCUT2D eigenvalue weighted by Gasteiger charge is -2.17. The average Bonchev–Trinajstić information content (AvgIpc) is 2.37. The molecule has 1 atom stereocenters. The van der Waals surface area contributed by atoms with Gasteiger partial charge in [-0.25, -0.2) is 8.42 Å². The number of aliphatic hydroxyl groups excluding tert-OH is 1. The topological polar surface area (TPSA) is 66.4 Å². The van der Waals surface area contributed by atoms with Crippen molar-refractivity contribution in [1.29, 1.82) is 0 Å². The molecule has 0 spiro atoms. The lowest BCUT2D eigenvalue weighted by molar-refractivity contribution is 0.282. The van der Waals surface area contributed by atoms with E-state index in [2.05, 4.69) is 5.32 Å². The Hall–Kier alpha value is -1.07. The maximum atomic E-state index is 11.9. The second-order valence-electron chi connectivity index (χ2n) is 4.31. The molecule has 4 nitrogen and oxygen atoms in total. The highest BCUT2D eigenvalue weighted by Crippen LogP contribution is 2.23. The first kappa shape index (κ1) is 15.0. The smallest absolute Gasteiger partial charge is 0.180 e. The summed E-state index contributed by atoms with van der Waals surface area (Å²) in [6.07, 6.45) is 1.51. The number of sulfone groups is 1. The van der Waals surface area contributed by atoms with Gasteiger partial charge in [-0.2, -0.15) is 0 Å². The van der Waals surface area contributed by atoms with Crippen LogP contribution < -0.4 is 5.32 Å². The third-order valence-electron chi connectivity index (χ3n) is 2.80. The molecule has 0 aliphatic heterocycles. The molecule has 2 N–H and O–H groups in total. The Kier molecular flexibility index (Phi) is 5.62. The fourth-order valence-electron chi connectivity index (χ4n) is 1.75. The molecule has 0 aliphatic rings. The van der Waals surface area contributed by atoms with Gasteiger partial charge in [0.05, 0.1) is 16.3 Å². The number of hydrogen-bond donors (Lipinski definition) is 2. The number of hydrogen-bond acceptors (Lipinski definition) is 4. The Balaban J connectivity index is 2.90. The molecule has 0 aromatic heterocycles. The zero-order valence-electron chi connectivity index (χ0n) is 10.9. The number of para-hydroxylation sites is 1. The van der Waals surface area contributed by atoms with Crippen molar-refractivity contribution in [2.75, 3.05) is 17.7 Å². The second kappa shape index (κ2) is 6.75. The van der Waals surface area contributed by atoms with E-state index < -0.39 is 9.84 Å². The average molecular weight is 271 g/mol. The summed E-state index contributed by atoms with van der Waals surface area (Å²) in [7, 11) is -3.21. The summed E-state index contributed by atoms with van der Waals surface area (Å²) < 4.78 is 23.9. The van der Waals surface area contributed by atoms with Gasteiger partial charge >= 0.3 is 0 Å². The molecule has 5 heteroatoms. The van der Waals surface area contributed by atoms with Crippen molar-refractivity contribution in [3.05, 3.63) is 24.3 Å². The van der Waals surface area contributed by atoms with Crippen LogP contribution in [0.5, 0.6) is 0 Å². The summed E-state index contributed by atoms with van der Waals surface area (Å²) in [5, 5.41) is 12.0. The Morgan fingerprint density at radius 2 is 2.00 bits per heavy atom. The van der Waals surface area contributed by atoms with Gasteiger partial charge in [-0.15, -0.1) is 0 Å². The van der Waals surface area contributed by atoms with E-state index in [4.69, 9.17) is 5.11 Å². The van der Waals surface area contributed by atoms with Crippen LogP contribution in [0.2, 0.25) is 0 Å². The summed E-state index contributed by atoms with van der Waals surface area (Å²) in [5.74, 6) is 0.0940. The first-order valence-electron chi connectivity index (χ1n) is 6.20. The lowest BCUT2D eigenvalue weighted by atomic mass is 10.2. The number of aliphatic hydroxyl groups is 1. The van der Waals surface area contributed by atoms with Crippen molar-refractivity contribution in [3.63, 3.8) is 0 Å². The zero-order chi connectivity index (χ0) is 13.6. The molecule has 0 amide bonds. The first-order chi connectivity index (χ1) is 8.51. The van der Waals surface area contributed by atoms with E-state index in [-0.39, 0.29) is 18.4 Å². The molecule has 0 heterocycles. The Bertz CT molecular complexity index is 471. The molecule has 1 aromatic carbocycles. The molecule has 0 fully saturated rings. The highest BCUT2D eigenvalue weighted by Gasteiger charge is 2.16. The molecule has 0 aliphatic carbocycles. The summed E-state index contributed by atoms with van der Waals surface area (Å²) in [6.45, 7) is 3.77. The van der Waals surface area contributed by atoms with Gasteiger partial charge in [-0.1, -0.05) is 19.1 Å². The minimum atomic E-state index is -3.21. The van der Waals surface area contributed by atoms with Crippen LogP contribution in [0.25, 0.3) is 0 Å². The monoisotopic (exact) mass is 271 g/mol. The quantitative estimate of drug-likeness (QED) is 0.796. The molecule has 1 unspecified atom stereocenters. The molecule has 0 saturated heterocycles. The van der Waals surface area contributed by atoms with E-state index in [1.807, 2.05) is 13.0 Å². The normalized spacial score (nSPS) is 13.3. The zero-order valence-corrected chi connectivity index (χ0v) is 11.7. The molecule has 0 bridgehead atoms. The van der Waals surface area contributed by atoms with Crippen LogP contribution in [0.4, 0.5) is 5.69 Å². The van der Waals surface area contributed by atoms with E-state index >= 15 is 0 Å². The SMILES string of the molecule is CCS(=O)(=O)c1ccccc1NC(C)CCCO. The Labute approximate surface area is 109 Å². The van der Waals surface area contributed by atoms with Crippen molar-refractivity contribution >= 4 is 15.5 Å². The highest BCUT2D eigenvalue weighted by molar-refractivity contribution is 7.91. The van der Waals surface area contributed by atoms with Gasteiger partial charge in [0.15, 0.2) is 9.84 Å². The first-order valence-corrected chi connectivity index (χ1v) is 7.85. The Morgan fingerprint density at radius 3 is 2.61 bits per heavy atom. The standard InChI is InChI=1S/C13H21NO3S/c1-3-18(16,17)13-9-5-4-8-12(13)14-11(2)7-6-10-15/h4-5,8-9,11,14-15H,3,6-7,10H2,1-2H3. The summed E-state index contributed by atoms with van der Waals surface area (Å²) >= 11 is 0. The number of rotatable bonds is 7. The van der Waals surface area contributed by atoms with Crippen LogP contribution in [0.1, 0.15) is 26.7 Å². The lowest BCUT2D eigenvalue weighted by Crippen LogP contribution is -2.18. The fourth-order valence-corrected chi connectivity index (χ4v) is 2.81. The van der Waals surface area contributed by atoms with Gasteiger partial charge in [0.1, 0.15) is 0 Å². The highest BCUT2D eigenvalue weighted by atomic mass is 32.2. The van der Waals surface area contributed by atoms with Crippen molar-refractivity contribution in [1.82, 2.24) is 0 Å². The van der Waals surface area contributed by atoms with Gasteiger partial charge < -0.3 is 10.4 Å². The van der Waals surface area contributed by atoms with Crippen molar-refractivity contribution in [2.45, 2.75) is 37.6 Å². The van der Waals surface area contributed by atoms with Crippen LogP contribution in [0.3, 0.4) is 0 Å². The molecule has 0 radical (unpaired) electrons. The summed E-state index contributed by atoms with van der Waals surface area (Å²) in [6, 6.07) is 7.07. The van der Waals surface area contributed by atoms with Crippen molar-refractivity contribution < 1.29 is 13.5 Å². The van der Waals surface area contributed by atoms with Gasteiger partial charge in [-0.05, 0) is 31.9 Å². The minimum Gasteiger partial charge on any atom is -0.396 e. The van der Waals surface area contributed by atoms with E-state index in [1.165, 1.54) is 0 Å². The molecular weight excluding hydrogens is 250 g/mol. The maximum Gasteiger partial charge on any atom is 0.180 e. The van der Waals surface area contributed by atoms with Crippen LogP contribution in [0.15, 0.2) is 29.2 Å². The third-order valence-corrected chi connectivity index (χ3v) is 4.59. The van der Waals surface area contributed by atoms with Crippen LogP contribution in [-0.2, 0) is 9.84 Å². The number of anilines is 1. The van der Waals surface area contributed by atoms with Gasteiger partial charge in [0.25, 0.3) is 0 Å². The second-order valence-corrected chi connectivity index (χ2v) is 6.56. The van der Waals surface area contributed by atoms with Crippen LogP contribution in [-0.4, -0.2) is 31.9 Å². The van der Waals surface area contributed by atoms with Gasteiger partial charge in [0, 0.05) is 12.6 Å². The molecule has 0 saturated carbocycles.